The van der Waals surface area contributed by atoms with Crippen LogP contribution in [0.4, 0.5) is 0 Å². The molecule has 0 amide bonds. The van der Waals surface area contributed by atoms with Crippen LogP contribution in [0, 0.1) is 10.1 Å². The van der Waals surface area contributed by atoms with Gasteiger partial charge in [0, 0.05) is 5.33 Å². The fourth-order valence-corrected chi connectivity index (χ4v) is 1.10. The van der Waals surface area contributed by atoms with Crippen LogP contribution < -0.4 is 4.84 Å². The molecule has 0 atom stereocenters. The van der Waals surface area contributed by atoms with Crippen LogP contribution in [0.25, 0.3) is 0 Å². The molecule has 0 fully saturated rings. The van der Waals surface area contributed by atoms with Crippen LogP contribution in [-0.4, -0.2) is 5.09 Å². The van der Waals surface area contributed by atoms with Crippen molar-refractivity contribution in [3.63, 3.8) is 0 Å². The average molecular weight is 232 g/mol. The zero-order valence-corrected chi connectivity index (χ0v) is 7.65. The zero-order chi connectivity index (χ0) is 8.97. The molecular weight excluding hydrogens is 226 g/mol. The van der Waals surface area contributed by atoms with Crippen molar-refractivity contribution in [1.29, 1.82) is 0 Å². The highest BCUT2D eigenvalue weighted by Gasteiger charge is 1.97. The van der Waals surface area contributed by atoms with Crippen molar-refractivity contribution in [1.82, 2.24) is 0 Å². The minimum Gasteiger partial charge on any atom is -0.276 e. The first kappa shape index (κ1) is 8.99. The molecule has 0 aliphatic carbocycles. The van der Waals surface area contributed by atoms with Gasteiger partial charge in [0.25, 0.3) is 5.09 Å². The van der Waals surface area contributed by atoms with E-state index in [-0.39, 0.29) is 5.75 Å². The molecule has 5 heteroatoms. The summed E-state index contributed by atoms with van der Waals surface area (Å²) < 4.78 is 0. The molecule has 0 radical (unpaired) electrons. The molecule has 0 spiro atoms. The van der Waals surface area contributed by atoms with Gasteiger partial charge in [-0.3, -0.25) is 4.84 Å². The highest BCUT2D eigenvalue weighted by atomic mass is 79.9. The van der Waals surface area contributed by atoms with Crippen molar-refractivity contribution in [2.45, 2.75) is 5.33 Å². The van der Waals surface area contributed by atoms with E-state index < -0.39 is 5.09 Å². The summed E-state index contributed by atoms with van der Waals surface area (Å²) in [5.74, 6) is 0.240. The van der Waals surface area contributed by atoms with E-state index in [2.05, 4.69) is 20.8 Å². The van der Waals surface area contributed by atoms with Gasteiger partial charge >= 0.3 is 0 Å². The van der Waals surface area contributed by atoms with Gasteiger partial charge in [0.05, 0.1) is 0 Å². The lowest BCUT2D eigenvalue weighted by Crippen LogP contribution is -2.03. The van der Waals surface area contributed by atoms with Crippen LogP contribution in [0.5, 0.6) is 5.75 Å². The first-order chi connectivity index (χ1) is 5.72. The number of halogens is 1. The van der Waals surface area contributed by atoms with E-state index in [1.54, 1.807) is 24.3 Å². The van der Waals surface area contributed by atoms with E-state index in [1.807, 2.05) is 0 Å². The predicted octanol–water partition coefficient (Wildman–Crippen LogP) is 2.15. The smallest absolute Gasteiger partial charge is 0.276 e. The lowest BCUT2D eigenvalue weighted by molar-refractivity contribution is -0.711. The summed E-state index contributed by atoms with van der Waals surface area (Å²) in [7, 11) is 0. The topological polar surface area (TPSA) is 52.4 Å². The van der Waals surface area contributed by atoms with Gasteiger partial charge in [-0.05, 0) is 17.7 Å². The van der Waals surface area contributed by atoms with E-state index in [1.165, 1.54) is 0 Å². The van der Waals surface area contributed by atoms with E-state index in [4.69, 9.17) is 0 Å². The second-order valence-electron chi connectivity index (χ2n) is 2.09. The molecule has 1 aromatic rings. The molecule has 1 rings (SSSR count). The monoisotopic (exact) mass is 231 g/mol. The Morgan fingerprint density at radius 1 is 1.42 bits per heavy atom. The largest absolute Gasteiger partial charge is 0.299 e. The van der Waals surface area contributed by atoms with E-state index >= 15 is 0 Å². The number of benzene rings is 1. The van der Waals surface area contributed by atoms with Crippen LogP contribution in [-0.2, 0) is 5.33 Å². The minimum atomic E-state index is -0.830. The normalized spacial score (nSPS) is 9.42. The number of hydrogen-bond donors (Lipinski definition) is 0. The molecule has 0 bridgehead atoms. The molecule has 12 heavy (non-hydrogen) atoms. The van der Waals surface area contributed by atoms with Gasteiger partial charge < -0.3 is 0 Å². The summed E-state index contributed by atoms with van der Waals surface area (Å²) in [6, 6.07) is 6.62. The van der Waals surface area contributed by atoms with Crippen molar-refractivity contribution in [2.24, 2.45) is 0 Å². The maximum absolute atomic E-state index is 9.90. The van der Waals surface area contributed by atoms with Crippen molar-refractivity contribution < 1.29 is 9.92 Å². The van der Waals surface area contributed by atoms with Gasteiger partial charge in [-0.15, -0.1) is 10.1 Å². The number of rotatable bonds is 3. The standard InChI is InChI=1S/C7H6BrNO3/c8-5-6-1-3-7(4-2-6)12-9(10)11/h1-4H,5H2. The van der Waals surface area contributed by atoms with Crippen LogP contribution in [0.15, 0.2) is 24.3 Å². The number of nitrogens with zero attached hydrogens (tertiary/aromatic N) is 1. The Balaban J connectivity index is 2.71. The summed E-state index contributed by atoms with van der Waals surface area (Å²) in [5, 5.41) is 9.79. The summed E-state index contributed by atoms with van der Waals surface area (Å²) in [4.78, 5) is 14.1. The molecule has 0 saturated carbocycles. The zero-order valence-electron chi connectivity index (χ0n) is 6.07. The van der Waals surface area contributed by atoms with Gasteiger partial charge in [0.1, 0.15) is 5.75 Å². The van der Waals surface area contributed by atoms with Crippen molar-refractivity contribution >= 4 is 15.9 Å². The van der Waals surface area contributed by atoms with Crippen LogP contribution >= 0.6 is 15.9 Å². The summed E-state index contributed by atoms with van der Waals surface area (Å²) in [6.07, 6.45) is 0. The first-order valence-corrected chi connectivity index (χ1v) is 4.32. The third kappa shape index (κ3) is 2.50. The number of alkyl halides is 1. The second kappa shape index (κ2) is 4.06. The Bertz CT molecular complexity index is 272. The molecule has 0 saturated heterocycles. The second-order valence-corrected chi connectivity index (χ2v) is 2.65. The molecule has 0 aromatic heterocycles. The Hall–Kier alpha value is -1.10. The Morgan fingerprint density at radius 3 is 2.42 bits per heavy atom. The van der Waals surface area contributed by atoms with Crippen LogP contribution in [0.3, 0.4) is 0 Å². The fraction of sp³-hybridized carbons (Fsp3) is 0.143. The van der Waals surface area contributed by atoms with Crippen molar-refractivity contribution in [3.05, 3.63) is 39.9 Å². The van der Waals surface area contributed by atoms with Gasteiger partial charge in [0.2, 0.25) is 0 Å². The maximum atomic E-state index is 9.90. The van der Waals surface area contributed by atoms with Crippen molar-refractivity contribution in [3.8, 4) is 5.75 Å². The van der Waals surface area contributed by atoms with Gasteiger partial charge in [-0.1, -0.05) is 28.1 Å². The van der Waals surface area contributed by atoms with E-state index in [0.717, 1.165) is 10.9 Å². The fourth-order valence-electron chi connectivity index (χ4n) is 0.725. The summed E-state index contributed by atoms with van der Waals surface area (Å²) in [5.41, 5.74) is 1.05. The lowest BCUT2D eigenvalue weighted by atomic mass is 10.2. The highest BCUT2D eigenvalue weighted by molar-refractivity contribution is 9.08. The molecule has 0 aliphatic heterocycles. The summed E-state index contributed by atoms with van der Waals surface area (Å²) >= 11 is 3.26. The van der Waals surface area contributed by atoms with Crippen molar-refractivity contribution in [2.75, 3.05) is 0 Å². The van der Waals surface area contributed by atoms with Crippen LogP contribution in [0.1, 0.15) is 5.56 Å². The minimum absolute atomic E-state index is 0.240. The first-order valence-electron chi connectivity index (χ1n) is 3.19. The predicted molar refractivity (Wildman–Crippen MR) is 46.7 cm³/mol. The third-order valence-electron chi connectivity index (χ3n) is 1.26. The summed E-state index contributed by atoms with van der Waals surface area (Å²) in [6.45, 7) is 0. The highest BCUT2D eigenvalue weighted by Crippen LogP contribution is 2.13. The molecule has 0 aliphatic rings. The quantitative estimate of drug-likeness (QED) is 0.455. The van der Waals surface area contributed by atoms with Crippen LogP contribution in [0.2, 0.25) is 0 Å². The average Bonchev–Trinajstić information content (AvgIpc) is 2.05. The van der Waals surface area contributed by atoms with Gasteiger partial charge in [-0.2, -0.15) is 0 Å². The van der Waals surface area contributed by atoms with E-state index in [0.29, 0.717) is 0 Å². The Morgan fingerprint density at radius 2 is 2.00 bits per heavy atom. The SMILES string of the molecule is O=[N+]([O-])Oc1ccc(CBr)cc1. The molecule has 4 nitrogen and oxygen atoms in total. The molecule has 0 unspecified atom stereocenters. The number of hydrogen-bond acceptors (Lipinski definition) is 3. The van der Waals surface area contributed by atoms with Gasteiger partial charge in [0.15, 0.2) is 0 Å². The third-order valence-corrected chi connectivity index (χ3v) is 1.91. The maximum Gasteiger partial charge on any atom is 0.299 e. The lowest BCUT2D eigenvalue weighted by Gasteiger charge is -1.98. The van der Waals surface area contributed by atoms with Gasteiger partial charge in [-0.25, -0.2) is 0 Å². The molecule has 64 valence electrons. The molecule has 0 N–H and O–H groups in total. The molecule has 1 aromatic carbocycles. The Kier molecular flexibility index (Phi) is 3.04. The molecule has 0 heterocycles. The van der Waals surface area contributed by atoms with E-state index in [9.17, 15) is 10.1 Å². The Labute approximate surface area is 77.4 Å². The molecular formula is C7H6BrNO3.